The maximum atomic E-state index is 10.4. The highest BCUT2D eigenvalue weighted by Gasteiger charge is 2.10. The van der Waals surface area contributed by atoms with Crippen LogP contribution in [0, 0.1) is 0 Å². The van der Waals surface area contributed by atoms with E-state index in [0.29, 0.717) is 11.2 Å². The van der Waals surface area contributed by atoms with E-state index in [1.54, 1.807) is 7.11 Å². The number of thioether (sulfide) groups is 1. The summed E-state index contributed by atoms with van der Waals surface area (Å²) in [5, 5.41) is 17.4. The Labute approximate surface area is 166 Å². The molecule has 0 aliphatic rings. The van der Waals surface area contributed by atoms with Crippen LogP contribution in [0.4, 0.5) is 0 Å². The van der Waals surface area contributed by atoms with Gasteiger partial charge in [0.25, 0.3) is 0 Å². The molecule has 0 bridgehead atoms. The molecule has 146 valence electrons. The van der Waals surface area contributed by atoms with Crippen molar-refractivity contribution in [2.75, 3.05) is 26.7 Å². The van der Waals surface area contributed by atoms with Crippen molar-refractivity contribution in [2.24, 2.45) is 4.99 Å². The lowest BCUT2D eigenvalue weighted by molar-refractivity contribution is 0.186. The summed E-state index contributed by atoms with van der Waals surface area (Å²) in [6, 6.07) is 17.8. The third-order valence-electron chi connectivity index (χ3n) is 3.88. The average Bonchev–Trinajstić information content (AvgIpc) is 2.70. The van der Waals surface area contributed by atoms with Crippen LogP contribution in [0.3, 0.4) is 0 Å². The van der Waals surface area contributed by atoms with Crippen LogP contribution in [0.25, 0.3) is 0 Å². The fourth-order valence-electron chi connectivity index (χ4n) is 2.49. The van der Waals surface area contributed by atoms with Gasteiger partial charge in [0.2, 0.25) is 0 Å². The van der Waals surface area contributed by atoms with E-state index in [2.05, 4.69) is 34.7 Å². The van der Waals surface area contributed by atoms with Gasteiger partial charge in [0.15, 0.2) is 5.96 Å². The van der Waals surface area contributed by atoms with Crippen molar-refractivity contribution in [3.63, 3.8) is 0 Å². The maximum Gasteiger partial charge on any atom is 0.191 e. The van der Waals surface area contributed by atoms with Crippen LogP contribution in [-0.2, 0) is 0 Å². The molecule has 0 aliphatic heterocycles. The van der Waals surface area contributed by atoms with Crippen molar-refractivity contribution in [2.45, 2.75) is 30.1 Å². The molecule has 0 saturated carbocycles. The van der Waals surface area contributed by atoms with E-state index >= 15 is 0 Å². The molecule has 2 rings (SSSR count). The highest BCUT2D eigenvalue weighted by atomic mass is 32.2. The molecule has 0 amide bonds. The number of hydrogen-bond donors (Lipinski definition) is 3. The zero-order valence-electron chi connectivity index (χ0n) is 16.2. The fourth-order valence-corrected chi connectivity index (χ4v) is 3.43. The molecular formula is C21H29N3O2S. The van der Waals surface area contributed by atoms with Crippen molar-refractivity contribution in [1.29, 1.82) is 0 Å². The minimum atomic E-state index is -0.674. The molecule has 3 N–H and O–H groups in total. The van der Waals surface area contributed by atoms with E-state index in [0.717, 1.165) is 24.4 Å². The average molecular weight is 388 g/mol. The number of rotatable bonds is 9. The quantitative estimate of drug-likeness (QED) is 0.349. The van der Waals surface area contributed by atoms with Crippen LogP contribution in [0.1, 0.15) is 25.5 Å². The lowest BCUT2D eigenvalue weighted by Crippen LogP contribution is -2.40. The normalized spacial score (nSPS) is 13.7. The first-order valence-corrected chi connectivity index (χ1v) is 10.1. The number of nitrogens with zero attached hydrogens (tertiary/aromatic N) is 1. The van der Waals surface area contributed by atoms with Gasteiger partial charge in [-0.25, -0.2) is 0 Å². The predicted molar refractivity (Wildman–Crippen MR) is 114 cm³/mol. The molecule has 27 heavy (non-hydrogen) atoms. The second-order valence-electron chi connectivity index (χ2n) is 6.13. The fraction of sp³-hybridized carbons (Fsp3) is 0.381. The first kappa shape index (κ1) is 21.1. The highest BCUT2D eigenvalue weighted by molar-refractivity contribution is 8.00. The number of aliphatic hydroxyl groups is 1. The molecule has 0 radical (unpaired) electrons. The molecular weight excluding hydrogens is 358 g/mol. The Morgan fingerprint density at radius 3 is 2.63 bits per heavy atom. The number of ether oxygens (including phenoxy) is 1. The Bertz CT molecular complexity index is 710. The summed E-state index contributed by atoms with van der Waals surface area (Å²) in [6.07, 6.45) is -0.674. The molecule has 2 atom stereocenters. The van der Waals surface area contributed by atoms with Crippen LogP contribution in [0.15, 0.2) is 64.5 Å². The molecule has 5 nitrogen and oxygen atoms in total. The van der Waals surface area contributed by atoms with E-state index in [1.165, 1.54) is 4.90 Å². The third kappa shape index (κ3) is 7.53. The van der Waals surface area contributed by atoms with Crippen molar-refractivity contribution in [3.8, 4) is 5.75 Å². The summed E-state index contributed by atoms with van der Waals surface area (Å²) in [6.45, 7) is 6.03. The van der Waals surface area contributed by atoms with Gasteiger partial charge < -0.3 is 20.5 Å². The van der Waals surface area contributed by atoms with Crippen molar-refractivity contribution < 1.29 is 9.84 Å². The zero-order chi connectivity index (χ0) is 19.5. The van der Waals surface area contributed by atoms with Gasteiger partial charge in [-0.1, -0.05) is 37.3 Å². The first-order chi connectivity index (χ1) is 13.1. The lowest BCUT2D eigenvalue weighted by atomic mass is 10.1. The summed E-state index contributed by atoms with van der Waals surface area (Å²) in [4.78, 5) is 5.77. The topological polar surface area (TPSA) is 65.9 Å². The van der Waals surface area contributed by atoms with Gasteiger partial charge in [0, 0.05) is 23.2 Å². The summed E-state index contributed by atoms with van der Waals surface area (Å²) < 4.78 is 5.21. The first-order valence-electron chi connectivity index (χ1n) is 9.18. The Balaban J connectivity index is 1.89. The summed E-state index contributed by atoms with van der Waals surface area (Å²) in [5.74, 6) is 1.44. The van der Waals surface area contributed by atoms with E-state index in [4.69, 9.17) is 4.74 Å². The highest BCUT2D eigenvalue weighted by Crippen LogP contribution is 2.22. The number of benzene rings is 2. The second-order valence-corrected chi connectivity index (χ2v) is 7.65. The van der Waals surface area contributed by atoms with Gasteiger partial charge in [0.1, 0.15) is 5.75 Å². The van der Waals surface area contributed by atoms with E-state index < -0.39 is 6.10 Å². The minimum Gasteiger partial charge on any atom is -0.497 e. The molecule has 6 heteroatoms. The molecule has 0 aromatic heterocycles. The van der Waals surface area contributed by atoms with Crippen LogP contribution >= 0.6 is 11.8 Å². The SMILES string of the molecule is CCNC(=NCC(O)c1cccc(OC)c1)NCC(C)Sc1ccccc1. The van der Waals surface area contributed by atoms with E-state index in [1.807, 2.05) is 61.2 Å². The molecule has 0 saturated heterocycles. The van der Waals surface area contributed by atoms with E-state index in [-0.39, 0.29) is 6.54 Å². The van der Waals surface area contributed by atoms with Gasteiger partial charge in [-0.2, -0.15) is 0 Å². The zero-order valence-corrected chi connectivity index (χ0v) is 17.0. The standard InChI is InChI=1S/C21H29N3O2S/c1-4-22-21(23-14-16(2)27-19-11-6-5-7-12-19)24-15-20(25)17-9-8-10-18(13-17)26-3/h5-13,16,20,25H,4,14-15H2,1-3H3,(H2,22,23,24). The van der Waals surface area contributed by atoms with Gasteiger partial charge >= 0.3 is 0 Å². The molecule has 2 aromatic carbocycles. The number of aliphatic imine (C=N–C) groups is 1. The number of nitrogens with one attached hydrogen (secondary N) is 2. The number of methoxy groups -OCH3 is 1. The Hall–Kier alpha value is -2.18. The van der Waals surface area contributed by atoms with Crippen molar-refractivity contribution >= 4 is 17.7 Å². The molecule has 2 unspecified atom stereocenters. The van der Waals surface area contributed by atoms with Gasteiger partial charge in [0.05, 0.1) is 19.8 Å². The van der Waals surface area contributed by atoms with Crippen LogP contribution in [0.5, 0.6) is 5.75 Å². The number of guanidine groups is 1. The van der Waals surface area contributed by atoms with Gasteiger partial charge in [-0.15, -0.1) is 11.8 Å². The minimum absolute atomic E-state index is 0.280. The summed E-state index contributed by atoms with van der Waals surface area (Å²) in [7, 11) is 1.62. The van der Waals surface area contributed by atoms with Gasteiger partial charge in [-0.3, -0.25) is 4.99 Å². The summed E-state index contributed by atoms with van der Waals surface area (Å²) in [5.41, 5.74) is 0.793. The smallest absolute Gasteiger partial charge is 0.191 e. The molecule has 0 fully saturated rings. The van der Waals surface area contributed by atoms with Crippen molar-refractivity contribution in [3.05, 3.63) is 60.2 Å². The number of hydrogen-bond acceptors (Lipinski definition) is 4. The van der Waals surface area contributed by atoms with Crippen LogP contribution in [0.2, 0.25) is 0 Å². The second kappa shape index (κ2) is 11.5. The summed E-state index contributed by atoms with van der Waals surface area (Å²) >= 11 is 1.82. The lowest BCUT2D eigenvalue weighted by Gasteiger charge is -2.16. The Kier molecular flexibility index (Phi) is 9.01. The molecule has 0 aliphatic carbocycles. The molecule has 0 spiro atoms. The Morgan fingerprint density at radius 2 is 1.93 bits per heavy atom. The van der Waals surface area contributed by atoms with Crippen LogP contribution in [-0.4, -0.2) is 43.1 Å². The largest absolute Gasteiger partial charge is 0.497 e. The van der Waals surface area contributed by atoms with E-state index in [9.17, 15) is 5.11 Å². The monoisotopic (exact) mass is 387 g/mol. The number of aliphatic hydroxyl groups excluding tert-OH is 1. The maximum absolute atomic E-state index is 10.4. The third-order valence-corrected chi connectivity index (χ3v) is 5.00. The molecule has 0 heterocycles. The van der Waals surface area contributed by atoms with Crippen LogP contribution < -0.4 is 15.4 Å². The van der Waals surface area contributed by atoms with Crippen molar-refractivity contribution in [1.82, 2.24) is 10.6 Å². The predicted octanol–water partition coefficient (Wildman–Crippen LogP) is 3.46. The van der Waals surface area contributed by atoms with Gasteiger partial charge in [-0.05, 0) is 36.8 Å². The Morgan fingerprint density at radius 1 is 1.15 bits per heavy atom. The molecule has 2 aromatic rings.